The zero-order chi connectivity index (χ0) is 34.6. The molecule has 246 valence electrons. The van der Waals surface area contributed by atoms with Gasteiger partial charge in [0.15, 0.2) is 6.23 Å². The molecule has 1 N–H and O–H groups in total. The highest BCUT2D eigenvalue weighted by Crippen LogP contribution is 2.36. The predicted octanol–water partition coefficient (Wildman–Crippen LogP) is 11.4. The van der Waals surface area contributed by atoms with Gasteiger partial charge in [0.1, 0.15) is 5.76 Å². The number of allylic oxidation sites excluding steroid dienone is 8. The summed E-state index contributed by atoms with van der Waals surface area (Å²) in [7, 11) is 0. The van der Waals surface area contributed by atoms with Crippen molar-refractivity contribution in [3.8, 4) is 22.4 Å². The van der Waals surface area contributed by atoms with Gasteiger partial charge < -0.3 is 10.1 Å². The molecule has 2 unspecified atom stereocenters. The standard InChI is InChI=1S/C39H32F6N2O/c1-5-7-8-36-25(4)47-37(48-36)32-17-18-35(46-23-32)31-16-15-29-20-28(13-14-30(29)21-31)27-11-9-26(10-12-27)24(3)19-34(39(43,44)45)22-33(6-2)38(40,41)42/h5-24,37,47H,2,4H2,1,3H3/b7-5-,33-22+,34-19+,36-8+. The Morgan fingerprint density at radius 3 is 2.06 bits per heavy atom. The van der Waals surface area contributed by atoms with Crippen LogP contribution >= 0.6 is 0 Å². The fraction of sp³-hybridized carbons (Fsp3) is 0.154. The quantitative estimate of drug-likeness (QED) is 0.151. The van der Waals surface area contributed by atoms with E-state index in [1.54, 1.807) is 30.5 Å². The minimum Gasteiger partial charge on any atom is -0.464 e. The number of rotatable bonds is 8. The number of alkyl halides is 6. The molecule has 2 heterocycles. The molecule has 0 aliphatic carbocycles. The molecule has 0 spiro atoms. The van der Waals surface area contributed by atoms with Crippen molar-refractivity contribution in [2.75, 3.05) is 0 Å². The second kappa shape index (κ2) is 13.8. The van der Waals surface area contributed by atoms with Gasteiger partial charge >= 0.3 is 12.4 Å². The van der Waals surface area contributed by atoms with Gasteiger partial charge in [0.25, 0.3) is 0 Å². The van der Waals surface area contributed by atoms with Gasteiger partial charge in [0.05, 0.1) is 22.5 Å². The molecule has 1 aliphatic rings. The van der Waals surface area contributed by atoms with Gasteiger partial charge in [-0.1, -0.05) is 92.9 Å². The zero-order valence-corrected chi connectivity index (χ0v) is 26.2. The third kappa shape index (κ3) is 7.79. The van der Waals surface area contributed by atoms with Crippen molar-refractivity contribution < 1.29 is 31.1 Å². The number of hydrogen-bond acceptors (Lipinski definition) is 3. The summed E-state index contributed by atoms with van der Waals surface area (Å²) >= 11 is 0. The van der Waals surface area contributed by atoms with Crippen molar-refractivity contribution in [2.45, 2.75) is 38.3 Å². The summed E-state index contributed by atoms with van der Waals surface area (Å²) in [4.78, 5) is 4.65. The Morgan fingerprint density at radius 1 is 0.854 bits per heavy atom. The number of halogens is 6. The average molecular weight is 659 g/mol. The van der Waals surface area contributed by atoms with Crippen molar-refractivity contribution in [1.29, 1.82) is 0 Å². The lowest BCUT2D eigenvalue weighted by Crippen LogP contribution is -2.15. The topological polar surface area (TPSA) is 34.1 Å². The lowest BCUT2D eigenvalue weighted by Gasteiger charge is -2.15. The third-order valence-corrected chi connectivity index (χ3v) is 7.90. The molecule has 1 saturated heterocycles. The fourth-order valence-corrected chi connectivity index (χ4v) is 5.24. The summed E-state index contributed by atoms with van der Waals surface area (Å²) in [6, 6.07) is 22.8. The highest BCUT2D eigenvalue weighted by atomic mass is 19.4. The van der Waals surface area contributed by atoms with Gasteiger partial charge in [-0.15, -0.1) is 0 Å². The van der Waals surface area contributed by atoms with E-state index in [9.17, 15) is 26.3 Å². The summed E-state index contributed by atoms with van der Waals surface area (Å²) < 4.78 is 86.1. The van der Waals surface area contributed by atoms with Gasteiger partial charge in [0, 0.05) is 17.3 Å². The maximum Gasteiger partial charge on any atom is 0.416 e. The van der Waals surface area contributed by atoms with Crippen LogP contribution in [0.4, 0.5) is 26.3 Å². The van der Waals surface area contributed by atoms with Crippen LogP contribution in [0.3, 0.4) is 0 Å². The number of nitrogens with one attached hydrogen (secondary N) is 1. The number of pyridine rings is 1. The predicted molar refractivity (Wildman–Crippen MR) is 179 cm³/mol. The van der Waals surface area contributed by atoms with Crippen LogP contribution in [-0.4, -0.2) is 17.3 Å². The van der Waals surface area contributed by atoms with Gasteiger partial charge in [0.2, 0.25) is 0 Å². The maximum atomic E-state index is 13.6. The van der Waals surface area contributed by atoms with E-state index in [-0.39, 0.29) is 12.3 Å². The van der Waals surface area contributed by atoms with Crippen LogP contribution in [-0.2, 0) is 4.74 Å². The Kier molecular flexibility index (Phi) is 9.79. The average Bonchev–Trinajstić information content (AvgIpc) is 3.44. The maximum absolute atomic E-state index is 13.6. The van der Waals surface area contributed by atoms with Gasteiger partial charge in [-0.25, -0.2) is 0 Å². The van der Waals surface area contributed by atoms with Crippen LogP contribution in [0.1, 0.15) is 37.1 Å². The molecule has 3 aromatic carbocycles. The molecule has 48 heavy (non-hydrogen) atoms. The molecule has 0 saturated carbocycles. The van der Waals surface area contributed by atoms with E-state index < -0.39 is 29.4 Å². The zero-order valence-electron chi connectivity index (χ0n) is 26.2. The number of ether oxygens (including phenoxy) is 1. The molecule has 1 aromatic heterocycles. The molecule has 0 amide bonds. The van der Waals surface area contributed by atoms with Crippen molar-refractivity contribution in [3.63, 3.8) is 0 Å². The van der Waals surface area contributed by atoms with Gasteiger partial charge in [-0.05, 0) is 76.7 Å². The SMILES string of the molecule is C=C/C(=C\C(=C/C(C)c1ccc(-c2ccc3cc(-c4ccc(C5NC(=C)/C(=C\C=C/C)O5)cn4)ccc3c2)cc1)C(F)(F)F)C(F)(F)F. The lowest BCUT2D eigenvalue weighted by atomic mass is 9.94. The van der Waals surface area contributed by atoms with E-state index in [0.717, 1.165) is 44.8 Å². The summed E-state index contributed by atoms with van der Waals surface area (Å²) in [5.74, 6) is -0.125. The first-order chi connectivity index (χ1) is 22.8. The van der Waals surface area contributed by atoms with Crippen molar-refractivity contribution in [2.24, 2.45) is 0 Å². The van der Waals surface area contributed by atoms with Crippen molar-refractivity contribution >= 4 is 10.8 Å². The summed E-state index contributed by atoms with van der Waals surface area (Å²) in [6.45, 7) is 10.4. The Morgan fingerprint density at radius 2 is 1.48 bits per heavy atom. The summed E-state index contributed by atoms with van der Waals surface area (Å²) in [5.41, 5.74) is 2.74. The second-order valence-electron chi connectivity index (χ2n) is 11.3. The molecular formula is C39H32F6N2O. The molecule has 9 heteroatoms. The number of fused-ring (bicyclic) bond motifs is 1. The van der Waals surface area contributed by atoms with Crippen LogP contribution in [0.5, 0.6) is 0 Å². The van der Waals surface area contributed by atoms with Crippen LogP contribution in [0, 0.1) is 0 Å². The molecule has 1 fully saturated rings. The largest absolute Gasteiger partial charge is 0.464 e. The highest BCUT2D eigenvalue weighted by Gasteiger charge is 2.37. The van der Waals surface area contributed by atoms with E-state index in [1.807, 2.05) is 73.7 Å². The first kappa shape index (κ1) is 34.0. The Labute approximate surface area is 275 Å². The van der Waals surface area contributed by atoms with E-state index in [1.165, 1.54) is 6.92 Å². The first-order valence-corrected chi connectivity index (χ1v) is 15.0. The second-order valence-corrected chi connectivity index (χ2v) is 11.3. The van der Waals surface area contributed by atoms with Crippen LogP contribution < -0.4 is 5.32 Å². The summed E-state index contributed by atoms with van der Waals surface area (Å²) in [5, 5.41) is 5.21. The normalized spacial score (nSPS) is 17.5. The minimum absolute atomic E-state index is 0.0868. The molecule has 4 aromatic rings. The van der Waals surface area contributed by atoms with Crippen LogP contribution in [0.15, 0.2) is 151 Å². The van der Waals surface area contributed by atoms with E-state index in [0.29, 0.717) is 23.1 Å². The van der Waals surface area contributed by atoms with Gasteiger partial charge in [-0.3, -0.25) is 4.98 Å². The smallest absolute Gasteiger partial charge is 0.416 e. The Hall–Kier alpha value is -5.31. The monoisotopic (exact) mass is 658 g/mol. The van der Waals surface area contributed by atoms with Crippen molar-refractivity contribution in [3.05, 3.63) is 162 Å². The van der Waals surface area contributed by atoms with E-state index >= 15 is 0 Å². The van der Waals surface area contributed by atoms with Crippen molar-refractivity contribution in [1.82, 2.24) is 10.3 Å². The van der Waals surface area contributed by atoms with E-state index in [2.05, 4.69) is 23.5 Å². The number of hydrogen-bond donors (Lipinski definition) is 1. The Balaban J connectivity index is 1.32. The molecule has 3 nitrogen and oxygen atoms in total. The van der Waals surface area contributed by atoms with E-state index in [4.69, 9.17) is 4.74 Å². The number of aromatic nitrogens is 1. The number of benzene rings is 3. The molecule has 2 atom stereocenters. The van der Waals surface area contributed by atoms with Crippen LogP contribution in [0.2, 0.25) is 0 Å². The lowest BCUT2D eigenvalue weighted by molar-refractivity contribution is -0.0935. The Bertz CT molecular complexity index is 1950. The first-order valence-electron chi connectivity index (χ1n) is 15.0. The third-order valence-electron chi connectivity index (χ3n) is 7.90. The van der Waals surface area contributed by atoms with Crippen LogP contribution in [0.25, 0.3) is 33.2 Å². The molecule has 1 aliphatic heterocycles. The minimum atomic E-state index is -4.97. The van der Waals surface area contributed by atoms with Gasteiger partial charge in [-0.2, -0.15) is 26.3 Å². The highest BCUT2D eigenvalue weighted by molar-refractivity contribution is 5.90. The molecule has 0 radical (unpaired) electrons. The number of nitrogens with zero attached hydrogens (tertiary/aromatic N) is 1. The molecular weight excluding hydrogens is 626 g/mol. The molecule has 0 bridgehead atoms. The summed E-state index contributed by atoms with van der Waals surface area (Å²) in [6.07, 6.45) is -1.62. The fourth-order valence-electron chi connectivity index (χ4n) is 5.24. The molecule has 5 rings (SSSR count).